The first kappa shape index (κ1) is 15.1. The van der Waals surface area contributed by atoms with Gasteiger partial charge >= 0.3 is 6.36 Å². The fourth-order valence-corrected chi connectivity index (χ4v) is 3.11. The first-order chi connectivity index (χ1) is 10.4. The summed E-state index contributed by atoms with van der Waals surface area (Å²) in [4.78, 5) is 14.2. The topological polar surface area (TPSA) is 41.6 Å². The van der Waals surface area contributed by atoms with Crippen LogP contribution >= 0.6 is 0 Å². The number of carbonyl (C=O) groups excluding carboxylic acids is 1. The highest BCUT2D eigenvalue weighted by Crippen LogP contribution is 2.24. The van der Waals surface area contributed by atoms with Crippen molar-refractivity contribution in [3.8, 4) is 5.75 Å². The van der Waals surface area contributed by atoms with Crippen LogP contribution in [0.5, 0.6) is 5.75 Å². The van der Waals surface area contributed by atoms with Crippen LogP contribution in [0, 0.1) is 0 Å². The summed E-state index contributed by atoms with van der Waals surface area (Å²) in [5.41, 5.74) is 0.382. The van der Waals surface area contributed by atoms with Crippen molar-refractivity contribution in [3.05, 3.63) is 29.8 Å². The van der Waals surface area contributed by atoms with E-state index >= 15 is 0 Å². The Bertz CT molecular complexity index is 545. The highest BCUT2D eigenvalue weighted by molar-refractivity contribution is 5.94. The van der Waals surface area contributed by atoms with Crippen LogP contribution in [-0.2, 0) is 0 Å². The molecule has 0 saturated carbocycles. The van der Waals surface area contributed by atoms with Gasteiger partial charge in [-0.3, -0.25) is 4.79 Å². The van der Waals surface area contributed by atoms with Gasteiger partial charge in [0.2, 0.25) is 0 Å². The molecular weight excluding hydrogens is 297 g/mol. The van der Waals surface area contributed by atoms with Gasteiger partial charge in [-0.1, -0.05) is 0 Å². The average molecular weight is 314 g/mol. The second kappa shape index (κ2) is 5.79. The normalized spacial score (nSPS) is 25.0. The molecule has 3 rings (SSSR count). The molecule has 2 bridgehead atoms. The smallest absolute Gasteiger partial charge is 0.406 e. The zero-order valence-electron chi connectivity index (χ0n) is 11.9. The van der Waals surface area contributed by atoms with Gasteiger partial charge in [0.1, 0.15) is 5.75 Å². The Morgan fingerprint density at radius 3 is 2.50 bits per heavy atom. The van der Waals surface area contributed by atoms with Gasteiger partial charge < -0.3 is 15.0 Å². The molecule has 1 N–H and O–H groups in total. The van der Waals surface area contributed by atoms with Gasteiger partial charge in [-0.2, -0.15) is 0 Å². The van der Waals surface area contributed by atoms with E-state index in [9.17, 15) is 18.0 Å². The molecule has 2 aliphatic rings. The van der Waals surface area contributed by atoms with E-state index in [-0.39, 0.29) is 11.7 Å². The van der Waals surface area contributed by atoms with Crippen LogP contribution in [0.4, 0.5) is 13.2 Å². The zero-order valence-corrected chi connectivity index (χ0v) is 11.9. The van der Waals surface area contributed by atoms with Crippen molar-refractivity contribution in [3.63, 3.8) is 0 Å². The number of hydrogen-bond acceptors (Lipinski definition) is 3. The maximum atomic E-state index is 12.5. The molecule has 2 saturated heterocycles. The van der Waals surface area contributed by atoms with Crippen molar-refractivity contribution in [2.75, 3.05) is 13.1 Å². The third-order valence-corrected chi connectivity index (χ3v) is 4.15. The minimum Gasteiger partial charge on any atom is -0.406 e. The Balaban J connectivity index is 1.67. The number of carbonyl (C=O) groups is 1. The summed E-state index contributed by atoms with van der Waals surface area (Å²) in [6, 6.07) is 5.89. The number of amides is 1. The molecule has 2 unspecified atom stereocenters. The first-order valence-corrected chi connectivity index (χ1v) is 7.32. The molecule has 22 heavy (non-hydrogen) atoms. The number of halogens is 3. The van der Waals surface area contributed by atoms with Crippen molar-refractivity contribution in [1.82, 2.24) is 10.2 Å². The summed E-state index contributed by atoms with van der Waals surface area (Å²) in [5.74, 6) is -0.464. The summed E-state index contributed by atoms with van der Waals surface area (Å²) in [5, 5.41) is 3.49. The number of benzene rings is 1. The van der Waals surface area contributed by atoms with E-state index in [1.54, 1.807) is 4.90 Å². The van der Waals surface area contributed by atoms with Crippen LogP contribution in [-0.4, -0.2) is 42.3 Å². The number of nitrogens with zero attached hydrogens (tertiary/aromatic N) is 1. The van der Waals surface area contributed by atoms with E-state index in [4.69, 9.17) is 0 Å². The van der Waals surface area contributed by atoms with E-state index in [0.29, 0.717) is 30.7 Å². The molecule has 0 radical (unpaired) electrons. The standard InChI is InChI=1S/C15H17F3N2O2/c16-15(17,18)22-13-5-1-10(2-6-13)14(21)20-8-7-11-3-4-12(9-20)19-11/h1-2,5-6,11-12,19H,3-4,7-9H2. The monoisotopic (exact) mass is 314 g/mol. The van der Waals surface area contributed by atoms with Gasteiger partial charge in [0.15, 0.2) is 0 Å². The van der Waals surface area contributed by atoms with E-state index in [1.807, 2.05) is 0 Å². The van der Waals surface area contributed by atoms with E-state index in [2.05, 4.69) is 10.1 Å². The predicted molar refractivity (Wildman–Crippen MR) is 73.6 cm³/mol. The average Bonchev–Trinajstić information content (AvgIpc) is 2.77. The van der Waals surface area contributed by atoms with Gasteiger partial charge in [0.25, 0.3) is 5.91 Å². The highest BCUT2D eigenvalue weighted by atomic mass is 19.4. The first-order valence-electron chi connectivity index (χ1n) is 7.32. The molecule has 1 aromatic carbocycles. The van der Waals surface area contributed by atoms with Gasteiger partial charge in [0, 0.05) is 30.7 Å². The number of rotatable bonds is 2. The molecule has 7 heteroatoms. The molecule has 2 heterocycles. The van der Waals surface area contributed by atoms with E-state index in [0.717, 1.165) is 19.3 Å². The molecule has 0 spiro atoms. The van der Waals surface area contributed by atoms with Gasteiger partial charge in [-0.15, -0.1) is 13.2 Å². The second-order valence-electron chi connectivity index (χ2n) is 5.75. The van der Waals surface area contributed by atoms with Crippen LogP contribution in [0.1, 0.15) is 29.6 Å². The molecular formula is C15H17F3N2O2. The maximum absolute atomic E-state index is 12.5. The Labute approximate surface area is 126 Å². The minimum absolute atomic E-state index is 0.145. The second-order valence-corrected chi connectivity index (χ2v) is 5.75. The fourth-order valence-electron chi connectivity index (χ4n) is 3.11. The molecule has 1 amide bonds. The molecule has 2 atom stereocenters. The van der Waals surface area contributed by atoms with Crippen molar-refractivity contribution in [1.29, 1.82) is 0 Å². The number of ether oxygens (including phenoxy) is 1. The van der Waals surface area contributed by atoms with Crippen molar-refractivity contribution >= 4 is 5.91 Å². The van der Waals surface area contributed by atoms with Crippen LogP contribution in [0.15, 0.2) is 24.3 Å². The Kier molecular flexibility index (Phi) is 3.99. The van der Waals surface area contributed by atoms with Crippen LogP contribution in [0.3, 0.4) is 0 Å². The van der Waals surface area contributed by atoms with Gasteiger partial charge in [-0.05, 0) is 43.5 Å². The quantitative estimate of drug-likeness (QED) is 0.912. The lowest BCUT2D eigenvalue weighted by Gasteiger charge is -2.24. The molecule has 4 nitrogen and oxygen atoms in total. The molecule has 0 aromatic heterocycles. The van der Waals surface area contributed by atoms with Crippen LogP contribution in [0.25, 0.3) is 0 Å². The summed E-state index contributed by atoms with van der Waals surface area (Å²) in [7, 11) is 0. The zero-order chi connectivity index (χ0) is 15.7. The Morgan fingerprint density at radius 2 is 1.82 bits per heavy atom. The lowest BCUT2D eigenvalue weighted by molar-refractivity contribution is -0.274. The SMILES string of the molecule is O=C(c1ccc(OC(F)(F)F)cc1)N1CCC2CCC(C1)N2. The number of alkyl halides is 3. The lowest BCUT2D eigenvalue weighted by atomic mass is 10.1. The Morgan fingerprint density at radius 1 is 1.14 bits per heavy atom. The number of likely N-dealkylation sites (tertiary alicyclic amines) is 1. The summed E-state index contributed by atoms with van der Waals surface area (Å²) < 4.78 is 40.2. The highest BCUT2D eigenvalue weighted by Gasteiger charge is 2.32. The third-order valence-electron chi connectivity index (χ3n) is 4.15. The van der Waals surface area contributed by atoms with E-state index in [1.165, 1.54) is 24.3 Å². The molecule has 0 aliphatic carbocycles. The Hall–Kier alpha value is -1.76. The summed E-state index contributed by atoms with van der Waals surface area (Å²) in [6.45, 7) is 1.32. The van der Waals surface area contributed by atoms with E-state index < -0.39 is 6.36 Å². The largest absolute Gasteiger partial charge is 0.573 e. The molecule has 1 aromatic rings. The lowest BCUT2D eigenvalue weighted by Crippen LogP contribution is -2.39. The van der Waals surface area contributed by atoms with Crippen LogP contribution < -0.4 is 10.1 Å². The minimum atomic E-state index is -4.72. The summed E-state index contributed by atoms with van der Waals surface area (Å²) >= 11 is 0. The molecule has 2 fully saturated rings. The van der Waals surface area contributed by atoms with Crippen molar-refractivity contribution < 1.29 is 22.7 Å². The number of hydrogen-bond donors (Lipinski definition) is 1. The van der Waals surface area contributed by atoms with Crippen molar-refractivity contribution in [2.24, 2.45) is 0 Å². The maximum Gasteiger partial charge on any atom is 0.573 e. The number of fused-ring (bicyclic) bond motifs is 2. The third kappa shape index (κ3) is 3.52. The molecule has 120 valence electrons. The van der Waals surface area contributed by atoms with Crippen LogP contribution in [0.2, 0.25) is 0 Å². The number of nitrogens with one attached hydrogen (secondary N) is 1. The van der Waals surface area contributed by atoms with Gasteiger partial charge in [-0.25, -0.2) is 0 Å². The van der Waals surface area contributed by atoms with Gasteiger partial charge in [0.05, 0.1) is 0 Å². The summed E-state index contributed by atoms with van der Waals surface area (Å²) in [6.07, 6.45) is -1.60. The molecule has 2 aliphatic heterocycles. The fraction of sp³-hybridized carbons (Fsp3) is 0.533. The predicted octanol–water partition coefficient (Wildman–Crippen LogP) is 2.55. The van der Waals surface area contributed by atoms with Crippen molar-refractivity contribution in [2.45, 2.75) is 37.7 Å².